The van der Waals surface area contributed by atoms with Gasteiger partial charge in [-0.3, -0.25) is 4.79 Å². The van der Waals surface area contributed by atoms with Crippen LogP contribution >= 0.6 is 23.2 Å². The van der Waals surface area contributed by atoms with E-state index in [4.69, 9.17) is 23.2 Å². The van der Waals surface area contributed by atoms with Gasteiger partial charge in [0.05, 0.1) is 0 Å². The molecule has 2 nitrogen and oxygen atoms in total. The Bertz CT molecular complexity index is 599. The van der Waals surface area contributed by atoms with Gasteiger partial charge in [-0.05, 0) is 67.7 Å². The quantitative estimate of drug-likeness (QED) is 0.774. The summed E-state index contributed by atoms with van der Waals surface area (Å²) in [7, 11) is 0. The van der Waals surface area contributed by atoms with Crippen LogP contribution in [0.25, 0.3) is 6.08 Å². The first kappa shape index (κ1) is 15.9. The first-order valence-electron chi connectivity index (χ1n) is 7.96. The van der Waals surface area contributed by atoms with Gasteiger partial charge in [0.1, 0.15) is 0 Å². The van der Waals surface area contributed by atoms with Crippen LogP contribution in [0.5, 0.6) is 0 Å². The van der Waals surface area contributed by atoms with Gasteiger partial charge in [0.25, 0.3) is 0 Å². The minimum Gasteiger partial charge on any atom is -0.350 e. The standard InChI is InChI=1S/C18H21Cl2NO/c1-11(16-9-12-2-3-14(16)8-12)21-18(22)7-5-13-4-6-15(19)10-17(13)20/h4-7,10-12,14,16H,2-3,8-9H2,1H3,(H,21,22)/b7-5+/t11-,12-,14-,16-/m0/s1. The first-order valence-corrected chi connectivity index (χ1v) is 8.72. The van der Waals surface area contributed by atoms with E-state index in [0.717, 1.165) is 17.4 Å². The van der Waals surface area contributed by atoms with Crippen molar-refractivity contribution in [3.8, 4) is 0 Å². The van der Waals surface area contributed by atoms with Crippen LogP contribution in [0.3, 0.4) is 0 Å². The Balaban J connectivity index is 1.56. The summed E-state index contributed by atoms with van der Waals surface area (Å²) in [5.74, 6) is 2.31. The molecule has 2 saturated carbocycles. The van der Waals surface area contributed by atoms with Crippen molar-refractivity contribution < 1.29 is 4.79 Å². The van der Waals surface area contributed by atoms with E-state index in [2.05, 4.69) is 12.2 Å². The van der Waals surface area contributed by atoms with E-state index in [1.807, 2.05) is 6.07 Å². The van der Waals surface area contributed by atoms with Crippen molar-refractivity contribution in [3.05, 3.63) is 39.9 Å². The Morgan fingerprint density at radius 2 is 2.14 bits per heavy atom. The normalized spacial score (nSPS) is 28.2. The molecular formula is C18H21Cl2NO. The maximum absolute atomic E-state index is 12.1. The molecule has 2 aliphatic carbocycles. The lowest BCUT2D eigenvalue weighted by Crippen LogP contribution is -2.39. The number of hydrogen-bond donors (Lipinski definition) is 1. The van der Waals surface area contributed by atoms with Crippen LogP contribution < -0.4 is 5.32 Å². The second kappa shape index (κ2) is 6.64. The second-order valence-corrected chi connectivity index (χ2v) is 7.48. The fourth-order valence-electron chi connectivity index (χ4n) is 4.09. The summed E-state index contributed by atoms with van der Waals surface area (Å²) in [6.45, 7) is 2.13. The van der Waals surface area contributed by atoms with E-state index >= 15 is 0 Å². The lowest BCUT2D eigenvalue weighted by Gasteiger charge is -2.28. The molecule has 4 heteroatoms. The lowest BCUT2D eigenvalue weighted by atomic mass is 9.84. The van der Waals surface area contributed by atoms with Crippen LogP contribution in [0.15, 0.2) is 24.3 Å². The number of nitrogens with one attached hydrogen (secondary N) is 1. The van der Waals surface area contributed by atoms with Gasteiger partial charge in [0, 0.05) is 22.2 Å². The number of halogens is 2. The molecule has 4 atom stereocenters. The predicted octanol–water partition coefficient (Wildman–Crippen LogP) is 4.95. The van der Waals surface area contributed by atoms with Crippen molar-refractivity contribution in [1.29, 1.82) is 0 Å². The highest BCUT2D eigenvalue weighted by molar-refractivity contribution is 6.35. The second-order valence-electron chi connectivity index (χ2n) is 6.64. The molecule has 1 amide bonds. The van der Waals surface area contributed by atoms with E-state index in [1.54, 1.807) is 24.3 Å². The fraction of sp³-hybridized carbons (Fsp3) is 0.500. The molecule has 2 bridgehead atoms. The third-order valence-electron chi connectivity index (χ3n) is 5.18. The van der Waals surface area contributed by atoms with Gasteiger partial charge in [0.2, 0.25) is 5.91 Å². The van der Waals surface area contributed by atoms with E-state index in [9.17, 15) is 4.79 Å². The molecule has 0 saturated heterocycles. The predicted molar refractivity (Wildman–Crippen MR) is 92.0 cm³/mol. The summed E-state index contributed by atoms with van der Waals surface area (Å²) >= 11 is 12.0. The summed E-state index contributed by atoms with van der Waals surface area (Å²) in [4.78, 5) is 12.1. The van der Waals surface area contributed by atoms with Gasteiger partial charge in [-0.1, -0.05) is 35.7 Å². The molecule has 0 unspecified atom stereocenters. The molecule has 1 aromatic carbocycles. The maximum Gasteiger partial charge on any atom is 0.244 e. The number of carbonyl (C=O) groups excluding carboxylic acids is 1. The molecule has 0 spiro atoms. The Morgan fingerprint density at radius 1 is 1.32 bits per heavy atom. The van der Waals surface area contributed by atoms with Crippen LogP contribution in [-0.4, -0.2) is 11.9 Å². The number of rotatable bonds is 4. The molecule has 0 aromatic heterocycles. The van der Waals surface area contributed by atoms with Crippen molar-refractivity contribution in [2.75, 3.05) is 0 Å². The van der Waals surface area contributed by atoms with E-state index in [-0.39, 0.29) is 11.9 Å². The van der Waals surface area contributed by atoms with Gasteiger partial charge < -0.3 is 5.32 Å². The average molecular weight is 338 g/mol. The third-order valence-corrected chi connectivity index (χ3v) is 5.74. The molecule has 118 valence electrons. The summed E-state index contributed by atoms with van der Waals surface area (Å²) in [5, 5.41) is 4.26. The molecule has 1 N–H and O–H groups in total. The number of fused-ring (bicyclic) bond motifs is 2. The van der Waals surface area contributed by atoms with Gasteiger partial charge in [-0.15, -0.1) is 0 Å². The van der Waals surface area contributed by atoms with E-state index < -0.39 is 0 Å². The van der Waals surface area contributed by atoms with Crippen LogP contribution in [0.1, 0.15) is 38.2 Å². The van der Waals surface area contributed by atoms with Crippen LogP contribution in [-0.2, 0) is 4.79 Å². The molecule has 2 fully saturated rings. The molecule has 0 aliphatic heterocycles. The number of amides is 1. The molecule has 22 heavy (non-hydrogen) atoms. The van der Waals surface area contributed by atoms with Gasteiger partial charge in [-0.25, -0.2) is 0 Å². The fourth-order valence-corrected chi connectivity index (χ4v) is 4.56. The summed E-state index contributed by atoms with van der Waals surface area (Å²) in [6, 6.07) is 5.50. The maximum atomic E-state index is 12.1. The molecule has 2 aliphatic rings. The third kappa shape index (κ3) is 3.49. The zero-order chi connectivity index (χ0) is 15.7. The van der Waals surface area contributed by atoms with Crippen LogP contribution in [0.4, 0.5) is 0 Å². The van der Waals surface area contributed by atoms with Crippen LogP contribution in [0, 0.1) is 17.8 Å². The van der Waals surface area contributed by atoms with Crippen molar-refractivity contribution in [1.82, 2.24) is 5.32 Å². The lowest BCUT2D eigenvalue weighted by molar-refractivity contribution is -0.117. The summed E-state index contributed by atoms with van der Waals surface area (Å²) < 4.78 is 0. The molecular weight excluding hydrogens is 317 g/mol. The van der Waals surface area contributed by atoms with Gasteiger partial charge in [0.15, 0.2) is 0 Å². The largest absolute Gasteiger partial charge is 0.350 e. The first-order chi connectivity index (χ1) is 10.5. The SMILES string of the molecule is C[C@H](NC(=O)/C=C/c1ccc(Cl)cc1Cl)[C@@H]1C[C@H]2CC[C@H]1C2. The Hall–Kier alpha value is -0.990. The highest BCUT2D eigenvalue weighted by Gasteiger charge is 2.41. The average Bonchev–Trinajstić information content (AvgIpc) is 3.09. The van der Waals surface area contributed by atoms with Gasteiger partial charge in [-0.2, -0.15) is 0 Å². The van der Waals surface area contributed by atoms with Crippen molar-refractivity contribution in [2.24, 2.45) is 17.8 Å². The van der Waals surface area contributed by atoms with Crippen LogP contribution in [0.2, 0.25) is 10.0 Å². The molecule has 0 radical (unpaired) electrons. The van der Waals surface area contributed by atoms with E-state index in [1.165, 1.54) is 25.7 Å². The molecule has 1 aromatic rings. The van der Waals surface area contributed by atoms with E-state index in [0.29, 0.717) is 16.0 Å². The minimum absolute atomic E-state index is 0.0544. The summed E-state index contributed by atoms with van der Waals surface area (Å²) in [6.07, 6.45) is 8.66. The smallest absolute Gasteiger partial charge is 0.244 e. The number of benzene rings is 1. The monoisotopic (exact) mass is 337 g/mol. The Labute approximate surface area is 141 Å². The minimum atomic E-state index is -0.0544. The topological polar surface area (TPSA) is 29.1 Å². The van der Waals surface area contributed by atoms with Gasteiger partial charge >= 0.3 is 0 Å². The highest BCUT2D eigenvalue weighted by Crippen LogP contribution is 2.49. The van der Waals surface area contributed by atoms with Crippen molar-refractivity contribution in [2.45, 2.75) is 38.6 Å². The number of hydrogen-bond acceptors (Lipinski definition) is 1. The highest BCUT2D eigenvalue weighted by atomic mass is 35.5. The molecule has 0 heterocycles. The Kier molecular flexibility index (Phi) is 4.79. The van der Waals surface area contributed by atoms with Crippen molar-refractivity contribution >= 4 is 35.2 Å². The summed E-state index contributed by atoms with van der Waals surface area (Å²) in [5.41, 5.74) is 0.800. The zero-order valence-electron chi connectivity index (χ0n) is 12.7. The number of carbonyl (C=O) groups is 1. The van der Waals surface area contributed by atoms with Crippen molar-refractivity contribution in [3.63, 3.8) is 0 Å². The zero-order valence-corrected chi connectivity index (χ0v) is 14.2. The molecule has 3 rings (SSSR count). The Morgan fingerprint density at radius 3 is 2.77 bits per heavy atom.